The predicted molar refractivity (Wildman–Crippen MR) is 144 cm³/mol. The Morgan fingerprint density at radius 2 is 1.85 bits per heavy atom. The molecule has 2 aromatic rings. The standard InChI is InChI=1S/C27H36F3N7O2/c1-4-31-7-8-32-26(38)16-35(23-11-20-12-33-37(15-25(29)30)24(20)9-18(23)2)17-27(39)34(3)36-13-19-5-6-22(28)10-21(19)14-36/h5-6,9-11,25,31,33H,4,7-8,12-17H2,1-3H3,(H,32,38). The van der Waals surface area contributed by atoms with Gasteiger partial charge in [-0.3, -0.25) is 14.6 Å². The van der Waals surface area contributed by atoms with E-state index in [9.17, 15) is 22.8 Å². The van der Waals surface area contributed by atoms with Crippen molar-refractivity contribution in [1.29, 1.82) is 0 Å². The number of hydrogen-bond donors (Lipinski definition) is 3. The molecule has 212 valence electrons. The van der Waals surface area contributed by atoms with Crippen molar-refractivity contribution in [1.82, 2.24) is 26.1 Å². The average Bonchev–Trinajstić information content (AvgIpc) is 3.48. The van der Waals surface area contributed by atoms with Crippen molar-refractivity contribution in [3.05, 3.63) is 58.4 Å². The second-order valence-electron chi connectivity index (χ2n) is 9.82. The van der Waals surface area contributed by atoms with Crippen LogP contribution in [-0.4, -0.2) is 74.6 Å². The predicted octanol–water partition coefficient (Wildman–Crippen LogP) is 2.15. The fraction of sp³-hybridized carbons (Fsp3) is 0.481. The highest BCUT2D eigenvalue weighted by atomic mass is 19.3. The van der Waals surface area contributed by atoms with Gasteiger partial charge in [-0.05, 0) is 60.0 Å². The zero-order valence-corrected chi connectivity index (χ0v) is 22.6. The number of nitrogens with zero attached hydrogens (tertiary/aromatic N) is 4. The zero-order valence-electron chi connectivity index (χ0n) is 22.6. The summed E-state index contributed by atoms with van der Waals surface area (Å²) in [5, 5.41) is 10.8. The number of fused-ring (bicyclic) bond motifs is 2. The van der Waals surface area contributed by atoms with Gasteiger partial charge in [0.1, 0.15) is 5.82 Å². The quantitative estimate of drug-likeness (QED) is 0.352. The smallest absolute Gasteiger partial charge is 0.257 e. The van der Waals surface area contributed by atoms with Crippen molar-refractivity contribution in [2.45, 2.75) is 39.9 Å². The Morgan fingerprint density at radius 3 is 2.59 bits per heavy atom. The van der Waals surface area contributed by atoms with E-state index in [2.05, 4.69) is 16.1 Å². The average molecular weight is 548 g/mol. The lowest BCUT2D eigenvalue weighted by Gasteiger charge is -2.32. The van der Waals surface area contributed by atoms with Crippen LogP contribution in [0.3, 0.4) is 0 Å². The number of amides is 2. The van der Waals surface area contributed by atoms with Gasteiger partial charge in [0, 0.05) is 45.5 Å². The topological polar surface area (TPSA) is 83.2 Å². The summed E-state index contributed by atoms with van der Waals surface area (Å²) in [5.74, 6) is -0.782. The number of nitrogens with one attached hydrogen (secondary N) is 3. The van der Waals surface area contributed by atoms with Crippen LogP contribution >= 0.6 is 0 Å². The Morgan fingerprint density at radius 1 is 1.08 bits per heavy atom. The Hall–Kier alpha value is -3.35. The lowest BCUT2D eigenvalue weighted by atomic mass is 10.1. The number of carbonyl (C=O) groups excluding carboxylic acids is 2. The molecule has 0 bridgehead atoms. The molecule has 0 saturated carbocycles. The van der Waals surface area contributed by atoms with E-state index in [4.69, 9.17) is 0 Å². The summed E-state index contributed by atoms with van der Waals surface area (Å²) in [5.41, 5.74) is 7.69. The molecular formula is C27H36F3N7O2. The van der Waals surface area contributed by atoms with Crippen LogP contribution < -0.4 is 26.0 Å². The van der Waals surface area contributed by atoms with Gasteiger partial charge in [0.05, 0.1) is 25.3 Å². The molecule has 12 heteroatoms. The fourth-order valence-corrected chi connectivity index (χ4v) is 4.93. The molecular weight excluding hydrogens is 511 g/mol. The summed E-state index contributed by atoms with van der Waals surface area (Å²) in [7, 11) is 1.67. The second-order valence-corrected chi connectivity index (χ2v) is 9.82. The van der Waals surface area contributed by atoms with E-state index in [0.717, 1.165) is 28.8 Å². The number of hydrogen-bond acceptors (Lipinski definition) is 7. The van der Waals surface area contributed by atoms with Crippen molar-refractivity contribution in [3.8, 4) is 0 Å². The lowest BCUT2D eigenvalue weighted by Crippen LogP contribution is -2.48. The molecule has 3 N–H and O–H groups in total. The van der Waals surface area contributed by atoms with Gasteiger partial charge < -0.3 is 20.5 Å². The summed E-state index contributed by atoms with van der Waals surface area (Å²) >= 11 is 0. The Labute approximate surface area is 226 Å². The third-order valence-electron chi connectivity index (χ3n) is 7.00. The first-order valence-electron chi connectivity index (χ1n) is 13.1. The monoisotopic (exact) mass is 547 g/mol. The third-order valence-corrected chi connectivity index (χ3v) is 7.00. The number of hydrazine groups is 2. The number of alkyl halides is 2. The lowest BCUT2D eigenvalue weighted by molar-refractivity contribution is -0.145. The molecule has 0 atom stereocenters. The summed E-state index contributed by atoms with van der Waals surface area (Å²) in [4.78, 5) is 28.0. The van der Waals surface area contributed by atoms with Crippen molar-refractivity contribution in [3.63, 3.8) is 0 Å². The SMILES string of the molecule is CCNCCNC(=O)CN(CC(=O)N(C)N1Cc2ccc(F)cc2C1)c1cc2c(cc1C)N(CC(F)F)NC2. The Balaban J connectivity index is 1.51. The molecule has 0 aromatic heterocycles. The molecule has 0 fully saturated rings. The van der Waals surface area contributed by atoms with Crippen molar-refractivity contribution < 1.29 is 22.8 Å². The normalized spacial score (nSPS) is 14.5. The molecule has 0 radical (unpaired) electrons. The molecule has 2 amide bonds. The minimum absolute atomic E-state index is 0.0506. The van der Waals surface area contributed by atoms with Crippen LogP contribution in [0.2, 0.25) is 0 Å². The summed E-state index contributed by atoms with van der Waals surface area (Å²) in [6, 6.07) is 8.29. The first-order valence-corrected chi connectivity index (χ1v) is 13.1. The highest BCUT2D eigenvalue weighted by molar-refractivity contribution is 5.87. The number of halogens is 3. The highest BCUT2D eigenvalue weighted by Gasteiger charge is 2.29. The van der Waals surface area contributed by atoms with Crippen LogP contribution in [-0.2, 0) is 29.2 Å². The number of carbonyl (C=O) groups is 2. The third kappa shape index (κ3) is 7.00. The Kier molecular flexibility index (Phi) is 9.31. The number of benzene rings is 2. The van der Waals surface area contributed by atoms with Gasteiger partial charge in [0.15, 0.2) is 0 Å². The van der Waals surface area contributed by atoms with Gasteiger partial charge >= 0.3 is 0 Å². The van der Waals surface area contributed by atoms with E-state index >= 15 is 0 Å². The van der Waals surface area contributed by atoms with Gasteiger partial charge in [0.25, 0.3) is 12.3 Å². The fourth-order valence-electron chi connectivity index (χ4n) is 4.93. The van der Waals surface area contributed by atoms with Crippen LogP contribution in [0, 0.1) is 12.7 Å². The molecule has 0 spiro atoms. The van der Waals surface area contributed by atoms with Crippen molar-refractivity contribution >= 4 is 23.2 Å². The van der Waals surface area contributed by atoms with Gasteiger partial charge in [0.2, 0.25) is 5.91 Å². The number of rotatable bonds is 12. The molecule has 0 saturated heterocycles. The molecule has 2 aromatic carbocycles. The number of anilines is 2. The van der Waals surface area contributed by atoms with Gasteiger partial charge in [-0.2, -0.15) is 0 Å². The summed E-state index contributed by atoms with van der Waals surface area (Å²) in [6.07, 6.45) is -2.49. The maximum absolute atomic E-state index is 13.7. The maximum atomic E-state index is 13.7. The number of aryl methyl sites for hydroxylation is 1. The maximum Gasteiger partial charge on any atom is 0.257 e. The number of likely N-dealkylation sites (N-methyl/N-ethyl adjacent to an activating group) is 2. The molecule has 0 aliphatic carbocycles. The van der Waals surface area contributed by atoms with Crippen LogP contribution in [0.4, 0.5) is 24.5 Å². The van der Waals surface area contributed by atoms with E-state index in [1.54, 1.807) is 18.0 Å². The Bertz CT molecular complexity index is 1200. The van der Waals surface area contributed by atoms with Gasteiger partial charge in [-0.15, -0.1) is 0 Å². The largest absolute Gasteiger partial charge is 0.353 e. The van der Waals surface area contributed by atoms with E-state index in [1.165, 1.54) is 22.2 Å². The van der Waals surface area contributed by atoms with E-state index in [1.807, 2.05) is 31.0 Å². The van der Waals surface area contributed by atoms with Crippen LogP contribution in [0.5, 0.6) is 0 Å². The molecule has 9 nitrogen and oxygen atoms in total. The molecule has 4 rings (SSSR count). The first-order chi connectivity index (χ1) is 18.7. The summed E-state index contributed by atoms with van der Waals surface area (Å²) < 4.78 is 39.8. The first kappa shape index (κ1) is 28.7. The summed E-state index contributed by atoms with van der Waals surface area (Å²) in [6.45, 7) is 6.38. The highest BCUT2D eigenvalue weighted by Crippen LogP contribution is 2.33. The van der Waals surface area contributed by atoms with Crippen molar-refractivity contribution in [2.75, 3.05) is 56.2 Å². The van der Waals surface area contributed by atoms with Crippen LogP contribution in [0.25, 0.3) is 0 Å². The molecule has 2 heterocycles. The second kappa shape index (κ2) is 12.7. The van der Waals surface area contributed by atoms with Gasteiger partial charge in [-0.25, -0.2) is 23.6 Å². The molecule has 0 unspecified atom stereocenters. The molecule has 2 aliphatic rings. The van der Waals surface area contributed by atoms with Crippen LogP contribution in [0.15, 0.2) is 30.3 Å². The molecule has 39 heavy (non-hydrogen) atoms. The van der Waals surface area contributed by atoms with Crippen molar-refractivity contribution in [2.24, 2.45) is 0 Å². The van der Waals surface area contributed by atoms with E-state index in [0.29, 0.717) is 44.1 Å². The van der Waals surface area contributed by atoms with Crippen LogP contribution in [0.1, 0.15) is 29.2 Å². The zero-order chi connectivity index (χ0) is 28.1. The minimum atomic E-state index is -2.49. The van der Waals surface area contributed by atoms with Gasteiger partial charge in [-0.1, -0.05) is 13.0 Å². The van der Waals surface area contributed by atoms with E-state index in [-0.39, 0.29) is 30.7 Å². The van der Waals surface area contributed by atoms with E-state index < -0.39 is 13.0 Å². The minimum Gasteiger partial charge on any atom is -0.353 e. The molecule has 2 aliphatic heterocycles.